The van der Waals surface area contributed by atoms with Gasteiger partial charge in [0.25, 0.3) is 0 Å². The average Bonchev–Trinajstić information content (AvgIpc) is 3.07. The maximum Gasteiger partial charge on any atom is 0.121 e. The molecule has 1 N–H and O–H groups in total. The lowest BCUT2D eigenvalue weighted by Crippen LogP contribution is -2.41. The lowest BCUT2D eigenvalue weighted by molar-refractivity contribution is 0.146. The van der Waals surface area contributed by atoms with E-state index in [1.54, 1.807) is 0 Å². The molecule has 2 saturated carbocycles. The van der Waals surface area contributed by atoms with Gasteiger partial charge in [-0.2, -0.15) is 0 Å². The van der Waals surface area contributed by atoms with E-state index >= 15 is 0 Å². The first-order valence-electron chi connectivity index (χ1n) is 8.25. The SMILES string of the molecule is CNC(CC1CC2CCC1C2)C(C)Oc1cccc(Cl)c1. The van der Waals surface area contributed by atoms with E-state index in [4.69, 9.17) is 16.3 Å². The van der Waals surface area contributed by atoms with Crippen LogP contribution >= 0.6 is 11.6 Å². The molecule has 1 aromatic carbocycles. The van der Waals surface area contributed by atoms with Gasteiger partial charge < -0.3 is 10.1 Å². The summed E-state index contributed by atoms with van der Waals surface area (Å²) in [5.41, 5.74) is 0. The average molecular weight is 308 g/mol. The van der Waals surface area contributed by atoms with E-state index < -0.39 is 0 Å². The lowest BCUT2D eigenvalue weighted by atomic mass is 9.83. The van der Waals surface area contributed by atoms with Gasteiger partial charge in [-0.1, -0.05) is 24.1 Å². The third-order valence-corrected chi connectivity index (χ3v) is 5.73. The fraction of sp³-hybridized carbons (Fsp3) is 0.667. The fourth-order valence-corrected chi connectivity index (χ4v) is 4.55. The monoisotopic (exact) mass is 307 g/mol. The Bertz CT molecular complexity index is 478. The van der Waals surface area contributed by atoms with E-state index in [1.165, 1.54) is 32.1 Å². The number of benzene rings is 1. The maximum atomic E-state index is 6.09. The lowest BCUT2D eigenvalue weighted by Gasteiger charge is -2.30. The normalized spacial score (nSPS) is 30.3. The minimum absolute atomic E-state index is 0.160. The zero-order valence-electron chi connectivity index (χ0n) is 13.0. The van der Waals surface area contributed by atoms with E-state index in [0.29, 0.717) is 6.04 Å². The van der Waals surface area contributed by atoms with Crippen molar-refractivity contribution in [2.75, 3.05) is 7.05 Å². The van der Waals surface area contributed by atoms with Crippen LogP contribution in [0, 0.1) is 17.8 Å². The highest BCUT2D eigenvalue weighted by molar-refractivity contribution is 6.30. The Balaban J connectivity index is 1.57. The zero-order valence-corrected chi connectivity index (χ0v) is 13.8. The van der Waals surface area contributed by atoms with Crippen LogP contribution in [0.1, 0.15) is 39.0 Å². The smallest absolute Gasteiger partial charge is 0.121 e. The highest BCUT2D eigenvalue weighted by atomic mass is 35.5. The number of halogens is 1. The van der Waals surface area contributed by atoms with Crippen molar-refractivity contribution in [1.29, 1.82) is 0 Å². The molecule has 3 rings (SSSR count). The molecule has 5 atom stereocenters. The highest BCUT2D eigenvalue weighted by Crippen LogP contribution is 2.50. The second-order valence-corrected chi connectivity index (χ2v) is 7.28. The summed E-state index contributed by atoms with van der Waals surface area (Å²) in [4.78, 5) is 0. The van der Waals surface area contributed by atoms with Gasteiger partial charge in [-0.15, -0.1) is 0 Å². The number of ether oxygens (including phenoxy) is 1. The Hall–Kier alpha value is -0.730. The van der Waals surface area contributed by atoms with Crippen molar-refractivity contribution in [3.8, 4) is 5.75 Å². The largest absolute Gasteiger partial charge is 0.489 e. The van der Waals surface area contributed by atoms with Crippen LogP contribution in [0.5, 0.6) is 5.75 Å². The van der Waals surface area contributed by atoms with Crippen LogP contribution in [0.2, 0.25) is 5.02 Å². The number of nitrogens with one attached hydrogen (secondary N) is 1. The Morgan fingerprint density at radius 3 is 2.81 bits per heavy atom. The summed E-state index contributed by atoms with van der Waals surface area (Å²) in [6.07, 6.45) is 7.24. The van der Waals surface area contributed by atoms with E-state index in [-0.39, 0.29) is 6.10 Å². The predicted octanol–water partition coefficient (Wildman–Crippen LogP) is 4.52. The van der Waals surface area contributed by atoms with Crippen molar-refractivity contribution in [2.24, 2.45) is 17.8 Å². The molecule has 0 radical (unpaired) electrons. The number of hydrogen-bond acceptors (Lipinski definition) is 2. The van der Waals surface area contributed by atoms with Crippen molar-refractivity contribution < 1.29 is 4.74 Å². The standard InChI is InChI=1S/C18H26ClNO/c1-12(21-17-5-3-4-16(19)11-17)18(20-2)10-15-9-13-6-7-14(15)8-13/h3-5,11-15,18,20H,6-10H2,1-2H3. The van der Waals surface area contributed by atoms with Gasteiger partial charge in [0, 0.05) is 11.1 Å². The first-order valence-corrected chi connectivity index (χ1v) is 8.63. The van der Waals surface area contributed by atoms with Gasteiger partial charge in [-0.25, -0.2) is 0 Å². The van der Waals surface area contributed by atoms with Gasteiger partial charge in [-0.3, -0.25) is 0 Å². The summed E-state index contributed by atoms with van der Waals surface area (Å²) in [6, 6.07) is 8.10. The van der Waals surface area contributed by atoms with Gasteiger partial charge in [0.05, 0.1) is 0 Å². The molecule has 5 unspecified atom stereocenters. The van der Waals surface area contributed by atoms with Crippen molar-refractivity contribution in [1.82, 2.24) is 5.32 Å². The molecule has 0 amide bonds. The van der Waals surface area contributed by atoms with Gasteiger partial charge >= 0.3 is 0 Å². The third kappa shape index (κ3) is 3.54. The molecule has 0 heterocycles. The summed E-state index contributed by atoms with van der Waals surface area (Å²) in [6.45, 7) is 2.16. The van der Waals surface area contributed by atoms with Gasteiger partial charge in [0.1, 0.15) is 11.9 Å². The Kier molecular flexibility index (Phi) is 4.75. The second kappa shape index (κ2) is 6.58. The van der Waals surface area contributed by atoms with Gasteiger partial charge in [0.2, 0.25) is 0 Å². The molecule has 2 aliphatic carbocycles. The molecule has 0 aromatic heterocycles. The topological polar surface area (TPSA) is 21.3 Å². The molecule has 2 aliphatic rings. The number of likely N-dealkylation sites (N-methyl/N-ethyl adjacent to an activating group) is 1. The first kappa shape index (κ1) is 15.2. The molecular weight excluding hydrogens is 282 g/mol. The van der Waals surface area contributed by atoms with Gasteiger partial charge in [0.15, 0.2) is 0 Å². The summed E-state index contributed by atoms with van der Waals surface area (Å²) < 4.78 is 6.09. The number of fused-ring (bicyclic) bond motifs is 2. The molecule has 0 aliphatic heterocycles. The van der Waals surface area contributed by atoms with Gasteiger partial charge in [-0.05, 0) is 75.6 Å². The summed E-state index contributed by atoms with van der Waals surface area (Å²) in [7, 11) is 2.05. The fourth-order valence-electron chi connectivity index (χ4n) is 4.37. The van der Waals surface area contributed by atoms with E-state index in [2.05, 4.69) is 19.3 Å². The first-order chi connectivity index (χ1) is 10.2. The van der Waals surface area contributed by atoms with Crippen LogP contribution in [0.3, 0.4) is 0 Å². The molecule has 0 saturated heterocycles. The molecule has 3 heteroatoms. The van der Waals surface area contributed by atoms with E-state index in [9.17, 15) is 0 Å². The Morgan fingerprint density at radius 1 is 1.33 bits per heavy atom. The van der Waals surface area contributed by atoms with Crippen LogP contribution in [-0.4, -0.2) is 19.2 Å². The number of hydrogen-bond donors (Lipinski definition) is 1. The van der Waals surface area contributed by atoms with Crippen LogP contribution in [0.4, 0.5) is 0 Å². The van der Waals surface area contributed by atoms with E-state index in [1.807, 2.05) is 24.3 Å². The summed E-state index contributed by atoms with van der Waals surface area (Å²) in [5.74, 6) is 3.75. The molecule has 116 valence electrons. The zero-order chi connectivity index (χ0) is 14.8. The molecular formula is C18H26ClNO. The summed E-state index contributed by atoms with van der Waals surface area (Å²) in [5, 5.41) is 4.20. The minimum Gasteiger partial charge on any atom is -0.489 e. The molecule has 21 heavy (non-hydrogen) atoms. The van der Waals surface area contributed by atoms with E-state index in [0.717, 1.165) is 28.5 Å². The van der Waals surface area contributed by atoms with Crippen LogP contribution in [0.25, 0.3) is 0 Å². The minimum atomic E-state index is 0.160. The molecule has 0 spiro atoms. The highest BCUT2D eigenvalue weighted by Gasteiger charge is 2.40. The quantitative estimate of drug-likeness (QED) is 0.834. The Morgan fingerprint density at radius 2 is 2.19 bits per heavy atom. The van der Waals surface area contributed by atoms with Crippen LogP contribution in [0.15, 0.2) is 24.3 Å². The summed E-state index contributed by atoms with van der Waals surface area (Å²) >= 11 is 6.03. The van der Waals surface area contributed by atoms with Crippen LogP contribution < -0.4 is 10.1 Å². The molecule has 2 nitrogen and oxygen atoms in total. The maximum absolute atomic E-state index is 6.09. The van der Waals surface area contributed by atoms with Crippen molar-refractivity contribution in [3.63, 3.8) is 0 Å². The Labute approximate surface area is 133 Å². The van der Waals surface area contributed by atoms with Crippen molar-refractivity contribution >= 4 is 11.6 Å². The van der Waals surface area contributed by atoms with Crippen molar-refractivity contribution in [2.45, 2.75) is 51.2 Å². The second-order valence-electron chi connectivity index (χ2n) is 6.85. The molecule has 2 bridgehead atoms. The predicted molar refractivity (Wildman–Crippen MR) is 87.9 cm³/mol. The third-order valence-electron chi connectivity index (χ3n) is 5.50. The van der Waals surface area contributed by atoms with Crippen LogP contribution in [-0.2, 0) is 0 Å². The van der Waals surface area contributed by atoms with Crippen molar-refractivity contribution in [3.05, 3.63) is 29.3 Å². The molecule has 2 fully saturated rings. The number of rotatable bonds is 6. The molecule has 1 aromatic rings.